The first-order valence-electron chi connectivity index (χ1n) is 8.28. The SMILES string of the molecule is CCS(=O)(=O)N1CCC[C@H](c2n[nH]c(=S)n2Cc2ccc(F)cc2)C1. The second-order valence-corrected chi connectivity index (χ2v) is 8.84. The van der Waals surface area contributed by atoms with Crippen molar-refractivity contribution in [2.45, 2.75) is 32.2 Å². The van der Waals surface area contributed by atoms with Crippen molar-refractivity contribution in [2.75, 3.05) is 18.8 Å². The van der Waals surface area contributed by atoms with Crippen LogP contribution in [0.5, 0.6) is 0 Å². The number of halogens is 1. The average molecular weight is 385 g/mol. The molecule has 9 heteroatoms. The molecule has 0 saturated carbocycles. The normalized spacial score (nSPS) is 19.2. The monoisotopic (exact) mass is 384 g/mol. The molecule has 0 amide bonds. The summed E-state index contributed by atoms with van der Waals surface area (Å²) in [5.74, 6) is 0.559. The predicted molar refractivity (Wildman–Crippen MR) is 95.9 cm³/mol. The number of benzene rings is 1. The minimum absolute atomic E-state index is 0.0107. The highest BCUT2D eigenvalue weighted by Gasteiger charge is 2.31. The summed E-state index contributed by atoms with van der Waals surface area (Å²) in [4.78, 5) is 0. The summed E-state index contributed by atoms with van der Waals surface area (Å²) in [5.41, 5.74) is 0.911. The van der Waals surface area contributed by atoms with Crippen molar-refractivity contribution < 1.29 is 12.8 Å². The minimum atomic E-state index is -3.21. The van der Waals surface area contributed by atoms with E-state index in [9.17, 15) is 12.8 Å². The van der Waals surface area contributed by atoms with E-state index in [2.05, 4.69) is 10.2 Å². The molecule has 1 aliphatic rings. The Hall–Kier alpha value is -1.58. The van der Waals surface area contributed by atoms with Crippen molar-refractivity contribution in [3.05, 3.63) is 46.2 Å². The third-order valence-corrected chi connectivity index (χ3v) is 6.71. The molecule has 1 aromatic heterocycles. The zero-order valence-corrected chi connectivity index (χ0v) is 15.6. The Morgan fingerprint density at radius 1 is 1.36 bits per heavy atom. The summed E-state index contributed by atoms with van der Waals surface area (Å²) in [5, 5.41) is 7.15. The van der Waals surface area contributed by atoms with Gasteiger partial charge in [-0.1, -0.05) is 12.1 Å². The Morgan fingerprint density at radius 3 is 2.76 bits per heavy atom. The molecule has 136 valence electrons. The average Bonchev–Trinajstić information content (AvgIpc) is 2.98. The fourth-order valence-corrected chi connectivity index (χ4v) is 4.54. The van der Waals surface area contributed by atoms with Gasteiger partial charge in [-0.15, -0.1) is 0 Å². The number of rotatable bonds is 5. The summed E-state index contributed by atoms with van der Waals surface area (Å²) in [6.07, 6.45) is 1.65. The van der Waals surface area contributed by atoms with Gasteiger partial charge in [-0.2, -0.15) is 5.10 Å². The maximum absolute atomic E-state index is 13.1. The minimum Gasteiger partial charge on any atom is -0.299 e. The zero-order chi connectivity index (χ0) is 18.0. The molecule has 1 aromatic carbocycles. The van der Waals surface area contributed by atoms with E-state index < -0.39 is 10.0 Å². The Bertz CT molecular complexity index is 890. The molecule has 2 heterocycles. The largest absolute Gasteiger partial charge is 0.299 e. The standard InChI is InChI=1S/C16H21FN4O2S2/c1-2-25(22,23)20-9-3-4-13(11-20)15-18-19-16(24)21(15)10-12-5-7-14(17)8-6-12/h5-8,13H,2-4,9-11H2,1H3,(H,19,24)/t13-/m0/s1. The highest BCUT2D eigenvalue weighted by atomic mass is 32.2. The van der Waals surface area contributed by atoms with Gasteiger partial charge in [0, 0.05) is 19.0 Å². The molecule has 3 rings (SSSR count). The molecular weight excluding hydrogens is 363 g/mol. The van der Waals surface area contributed by atoms with E-state index in [-0.39, 0.29) is 17.5 Å². The van der Waals surface area contributed by atoms with Crippen LogP contribution >= 0.6 is 12.2 Å². The van der Waals surface area contributed by atoms with Crippen molar-refractivity contribution in [3.8, 4) is 0 Å². The van der Waals surface area contributed by atoms with Crippen LogP contribution in [0.25, 0.3) is 0 Å². The number of piperidine rings is 1. The summed E-state index contributed by atoms with van der Waals surface area (Å²) in [7, 11) is -3.21. The van der Waals surface area contributed by atoms with E-state index >= 15 is 0 Å². The molecule has 1 saturated heterocycles. The number of aromatic nitrogens is 3. The number of nitrogens with zero attached hydrogens (tertiary/aromatic N) is 3. The fraction of sp³-hybridized carbons (Fsp3) is 0.500. The predicted octanol–water partition coefficient (Wildman–Crippen LogP) is 2.66. The molecule has 0 radical (unpaired) electrons. The summed E-state index contributed by atoms with van der Waals surface area (Å²) in [6, 6.07) is 6.24. The number of hydrogen-bond acceptors (Lipinski definition) is 4. The van der Waals surface area contributed by atoms with Crippen LogP contribution in [0.15, 0.2) is 24.3 Å². The lowest BCUT2D eigenvalue weighted by Crippen LogP contribution is -2.40. The van der Waals surface area contributed by atoms with E-state index in [4.69, 9.17) is 12.2 Å². The summed E-state index contributed by atoms with van der Waals surface area (Å²) >= 11 is 5.33. The van der Waals surface area contributed by atoms with E-state index in [1.165, 1.54) is 12.1 Å². The smallest absolute Gasteiger partial charge is 0.213 e. The first-order valence-corrected chi connectivity index (χ1v) is 10.3. The number of H-pyrrole nitrogens is 1. The van der Waals surface area contributed by atoms with E-state index in [0.29, 0.717) is 24.4 Å². The molecule has 1 N–H and O–H groups in total. The van der Waals surface area contributed by atoms with Gasteiger partial charge in [0.15, 0.2) is 4.77 Å². The van der Waals surface area contributed by atoms with Crippen LogP contribution in [-0.2, 0) is 16.6 Å². The van der Waals surface area contributed by atoms with Gasteiger partial charge in [0.2, 0.25) is 10.0 Å². The maximum atomic E-state index is 13.1. The van der Waals surface area contributed by atoms with Crippen molar-refractivity contribution in [1.29, 1.82) is 0 Å². The van der Waals surface area contributed by atoms with Gasteiger partial charge in [0.05, 0.1) is 12.3 Å². The second kappa shape index (κ2) is 7.35. The highest BCUT2D eigenvalue weighted by molar-refractivity contribution is 7.89. The molecule has 1 fully saturated rings. The Labute approximate surface area is 151 Å². The van der Waals surface area contributed by atoms with E-state index in [0.717, 1.165) is 24.2 Å². The highest BCUT2D eigenvalue weighted by Crippen LogP contribution is 2.27. The summed E-state index contributed by atoms with van der Waals surface area (Å²) in [6.45, 7) is 3.10. The fourth-order valence-electron chi connectivity index (χ4n) is 3.16. The molecule has 0 bridgehead atoms. The van der Waals surface area contributed by atoms with Crippen LogP contribution in [0.2, 0.25) is 0 Å². The Morgan fingerprint density at radius 2 is 2.08 bits per heavy atom. The van der Waals surface area contributed by atoms with Crippen molar-refractivity contribution in [1.82, 2.24) is 19.1 Å². The summed E-state index contributed by atoms with van der Waals surface area (Å²) < 4.78 is 41.3. The third-order valence-electron chi connectivity index (χ3n) is 4.55. The van der Waals surface area contributed by atoms with Gasteiger partial charge in [0.1, 0.15) is 11.6 Å². The molecule has 1 aliphatic heterocycles. The van der Waals surface area contributed by atoms with Crippen LogP contribution in [-0.4, -0.2) is 46.3 Å². The molecule has 6 nitrogen and oxygen atoms in total. The van der Waals surface area contributed by atoms with Gasteiger partial charge < -0.3 is 0 Å². The lowest BCUT2D eigenvalue weighted by molar-refractivity contribution is 0.305. The third kappa shape index (κ3) is 3.99. The van der Waals surface area contributed by atoms with Crippen LogP contribution in [0.3, 0.4) is 0 Å². The lowest BCUT2D eigenvalue weighted by Gasteiger charge is -2.31. The van der Waals surface area contributed by atoms with Crippen LogP contribution < -0.4 is 0 Å². The molecule has 0 unspecified atom stereocenters. The topological polar surface area (TPSA) is 71.0 Å². The van der Waals surface area contributed by atoms with Gasteiger partial charge in [0.25, 0.3) is 0 Å². The molecule has 0 aliphatic carbocycles. The molecule has 1 atom stereocenters. The number of aromatic amines is 1. The van der Waals surface area contributed by atoms with Gasteiger partial charge in [-0.3, -0.25) is 9.67 Å². The van der Waals surface area contributed by atoms with Crippen molar-refractivity contribution in [2.24, 2.45) is 0 Å². The number of sulfonamides is 1. The van der Waals surface area contributed by atoms with Crippen LogP contribution in [0, 0.1) is 10.6 Å². The Kier molecular flexibility index (Phi) is 5.35. The first-order chi connectivity index (χ1) is 11.9. The van der Waals surface area contributed by atoms with Crippen LogP contribution in [0.4, 0.5) is 4.39 Å². The number of hydrogen-bond donors (Lipinski definition) is 1. The first kappa shape index (κ1) is 18.2. The molecular formula is C16H21FN4O2S2. The van der Waals surface area contributed by atoms with E-state index in [1.807, 2.05) is 4.57 Å². The van der Waals surface area contributed by atoms with Gasteiger partial charge in [-0.25, -0.2) is 17.1 Å². The molecule has 25 heavy (non-hydrogen) atoms. The molecule has 0 spiro atoms. The van der Waals surface area contributed by atoms with Gasteiger partial charge >= 0.3 is 0 Å². The number of nitrogens with one attached hydrogen (secondary N) is 1. The quantitative estimate of drug-likeness (QED) is 0.805. The maximum Gasteiger partial charge on any atom is 0.213 e. The second-order valence-electron chi connectivity index (χ2n) is 6.20. The zero-order valence-electron chi connectivity index (χ0n) is 14.0. The van der Waals surface area contributed by atoms with E-state index in [1.54, 1.807) is 23.4 Å². The molecule has 2 aromatic rings. The lowest BCUT2D eigenvalue weighted by atomic mass is 9.98. The van der Waals surface area contributed by atoms with Crippen molar-refractivity contribution in [3.63, 3.8) is 0 Å². The van der Waals surface area contributed by atoms with Crippen molar-refractivity contribution >= 4 is 22.2 Å². The Balaban J connectivity index is 1.85. The van der Waals surface area contributed by atoms with Gasteiger partial charge in [-0.05, 0) is 49.7 Å². The van der Waals surface area contributed by atoms with Crippen LogP contribution in [0.1, 0.15) is 37.1 Å².